The number of hydrogen-bond donors (Lipinski definition) is 1. The van der Waals surface area contributed by atoms with Gasteiger partial charge in [0.05, 0.1) is 0 Å². The van der Waals surface area contributed by atoms with Crippen molar-refractivity contribution in [2.45, 2.75) is 51.5 Å². The number of nitrogens with one attached hydrogen (secondary N) is 1. The van der Waals surface area contributed by atoms with Crippen LogP contribution in [0.5, 0.6) is 0 Å². The molecule has 1 amide bonds. The maximum atomic E-state index is 11.2. The molecule has 0 atom stereocenters. The molecular weight excluding hydrogens is 200 g/mol. The van der Waals surface area contributed by atoms with E-state index in [2.05, 4.69) is 5.32 Å². The van der Waals surface area contributed by atoms with Gasteiger partial charge in [0, 0.05) is 26.1 Å². The molecule has 1 heterocycles. The minimum atomic E-state index is 0.229. The van der Waals surface area contributed by atoms with Gasteiger partial charge in [0.2, 0.25) is 5.91 Å². The topological polar surface area (TPSA) is 32.3 Å². The van der Waals surface area contributed by atoms with Gasteiger partial charge in [-0.1, -0.05) is 12.8 Å². The van der Waals surface area contributed by atoms with Gasteiger partial charge in [0.15, 0.2) is 0 Å². The Balaban J connectivity index is 1.52. The molecule has 1 saturated carbocycles. The van der Waals surface area contributed by atoms with Gasteiger partial charge in [0.1, 0.15) is 0 Å². The molecule has 16 heavy (non-hydrogen) atoms. The first kappa shape index (κ1) is 11.9. The fourth-order valence-electron chi connectivity index (χ4n) is 2.50. The number of likely N-dealkylation sites (tertiary alicyclic amines) is 1. The molecule has 0 spiro atoms. The summed E-state index contributed by atoms with van der Waals surface area (Å²) in [4.78, 5) is 13.1. The summed E-state index contributed by atoms with van der Waals surface area (Å²) >= 11 is 0. The second-order valence-electron chi connectivity index (χ2n) is 5.32. The van der Waals surface area contributed by atoms with Crippen LogP contribution < -0.4 is 5.32 Å². The lowest BCUT2D eigenvalue weighted by atomic mass is 10.0. The van der Waals surface area contributed by atoms with E-state index in [1.54, 1.807) is 6.92 Å². The minimum absolute atomic E-state index is 0.229. The molecule has 2 aliphatic rings. The predicted octanol–water partition coefficient (Wildman–Crippen LogP) is 1.78. The van der Waals surface area contributed by atoms with Crippen molar-refractivity contribution in [1.29, 1.82) is 0 Å². The van der Waals surface area contributed by atoms with Crippen LogP contribution in [0, 0.1) is 5.92 Å². The second kappa shape index (κ2) is 5.67. The SMILES string of the molecule is CC(=O)N1CCC(NCCCC2CC2)CC1. The van der Waals surface area contributed by atoms with Crippen LogP contribution in [0.25, 0.3) is 0 Å². The molecule has 0 bridgehead atoms. The zero-order valence-electron chi connectivity index (χ0n) is 10.4. The zero-order valence-corrected chi connectivity index (χ0v) is 10.4. The summed E-state index contributed by atoms with van der Waals surface area (Å²) in [6.45, 7) is 4.72. The Morgan fingerprint density at radius 1 is 1.25 bits per heavy atom. The molecule has 2 fully saturated rings. The summed E-state index contributed by atoms with van der Waals surface area (Å²) in [6.07, 6.45) is 7.94. The fourth-order valence-corrected chi connectivity index (χ4v) is 2.50. The lowest BCUT2D eigenvalue weighted by molar-refractivity contribution is -0.129. The van der Waals surface area contributed by atoms with Crippen molar-refractivity contribution in [2.24, 2.45) is 5.92 Å². The van der Waals surface area contributed by atoms with E-state index in [1.807, 2.05) is 4.90 Å². The second-order valence-corrected chi connectivity index (χ2v) is 5.32. The van der Waals surface area contributed by atoms with Gasteiger partial charge in [-0.2, -0.15) is 0 Å². The maximum absolute atomic E-state index is 11.2. The number of piperidine rings is 1. The third kappa shape index (κ3) is 3.78. The third-order valence-corrected chi connectivity index (χ3v) is 3.86. The molecule has 0 aromatic carbocycles. The Labute approximate surface area is 98.6 Å². The van der Waals surface area contributed by atoms with Crippen LogP contribution in [-0.4, -0.2) is 36.5 Å². The molecule has 92 valence electrons. The van der Waals surface area contributed by atoms with Gasteiger partial charge in [0.25, 0.3) is 0 Å². The Bertz CT molecular complexity index is 230. The largest absolute Gasteiger partial charge is 0.343 e. The summed E-state index contributed by atoms with van der Waals surface area (Å²) in [6, 6.07) is 0.648. The van der Waals surface area contributed by atoms with Crippen molar-refractivity contribution >= 4 is 5.91 Å². The predicted molar refractivity (Wildman–Crippen MR) is 65.2 cm³/mol. The summed E-state index contributed by atoms with van der Waals surface area (Å²) in [7, 11) is 0. The first-order valence-corrected chi connectivity index (χ1v) is 6.74. The number of nitrogens with zero attached hydrogens (tertiary/aromatic N) is 1. The van der Waals surface area contributed by atoms with Crippen LogP contribution in [0.15, 0.2) is 0 Å². The van der Waals surface area contributed by atoms with Crippen molar-refractivity contribution in [3.63, 3.8) is 0 Å². The molecule has 0 radical (unpaired) electrons. The van der Waals surface area contributed by atoms with E-state index >= 15 is 0 Å². The van der Waals surface area contributed by atoms with E-state index in [4.69, 9.17) is 0 Å². The number of hydrogen-bond acceptors (Lipinski definition) is 2. The smallest absolute Gasteiger partial charge is 0.219 e. The molecule has 2 rings (SSSR count). The third-order valence-electron chi connectivity index (χ3n) is 3.86. The lowest BCUT2D eigenvalue weighted by Crippen LogP contribution is -2.44. The molecule has 1 N–H and O–H groups in total. The van der Waals surface area contributed by atoms with Crippen LogP contribution in [0.3, 0.4) is 0 Å². The molecular formula is C13H24N2O. The van der Waals surface area contributed by atoms with Crippen molar-refractivity contribution in [3.8, 4) is 0 Å². The standard InChI is InChI=1S/C13H24N2O/c1-11(16)15-9-6-13(7-10-15)14-8-2-3-12-4-5-12/h12-14H,2-10H2,1H3. The summed E-state index contributed by atoms with van der Waals surface area (Å²) < 4.78 is 0. The van der Waals surface area contributed by atoms with Crippen molar-refractivity contribution in [1.82, 2.24) is 10.2 Å². The maximum Gasteiger partial charge on any atom is 0.219 e. The number of amides is 1. The van der Waals surface area contributed by atoms with Crippen molar-refractivity contribution < 1.29 is 4.79 Å². The van der Waals surface area contributed by atoms with Gasteiger partial charge >= 0.3 is 0 Å². The van der Waals surface area contributed by atoms with Crippen LogP contribution in [0.4, 0.5) is 0 Å². The van der Waals surface area contributed by atoms with Crippen LogP contribution in [0.2, 0.25) is 0 Å². The number of carbonyl (C=O) groups is 1. The van der Waals surface area contributed by atoms with E-state index < -0.39 is 0 Å². The number of carbonyl (C=O) groups excluding carboxylic acids is 1. The van der Waals surface area contributed by atoms with E-state index in [1.165, 1.54) is 32.2 Å². The average molecular weight is 224 g/mol. The van der Waals surface area contributed by atoms with Gasteiger partial charge in [-0.3, -0.25) is 4.79 Å². The number of rotatable bonds is 5. The Hall–Kier alpha value is -0.570. The summed E-state index contributed by atoms with van der Waals surface area (Å²) in [5.74, 6) is 1.29. The Morgan fingerprint density at radius 3 is 2.50 bits per heavy atom. The Kier molecular flexibility index (Phi) is 4.22. The van der Waals surface area contributed by atoms with Crippen LogP contribution in [0.1, 0.15) is 45.4 Å². The molecule has 0 aromatic heterocycles. The highest BCUT2D eigenvalue weighted by Gasteiger charge is 2.22. The summed E-state index contributed by atoms with van der Waals surface area (Å²) in [5, 5.41) is 3.63. The molecule has 1 aliphatic heterocycles. The molecule has 0 aromatic rings. The summed E-state index contributed by atoms with van der Waals surface area (Å²) in [5.41, 5.74) is 0. The van der Waals surface area contributed by atoms with E-state index in [0.717, 1.165) is 31.8 Å². The first-order chi connectivity index (χ1) is 7.75. The van der Waals surface area contributed by atoms with Crippen molar-refractivity contribution in [2.75, 3.05) is 19.6 Å². The molecule has 0 unspecified atom stereocenters. The highest BCUT2D eigenvalue weighted by molar-refractivity contribution is 5.73. The fraction of sp³-hybridized carbons (Fsp3) is 0.923. The van der Waals surface area contributed by atoms with E-state index in [0.29, 0.717) is 6.04 Å². The average Bonchev–Trinajstić information content (AvgIpc) is 3.09. The molecule has 1 saturated heterocycles. The zero-order chi connectivity index (χ0) is 11.4. The quantitative estimate of drug-likeness (QED) is 0.722. The monoisotopic (exact) mass is 224 g/mol. The minimum Gasteiger partial charge on any atom is -0.343 e. The first-order valence-electron chi connectivity index (χ1n) is 6.74. The van der Waals surface area contributed by atoms with Crippen LogP contribution in [-0.2, 0) is 4.79 Å². The van der Waals surface area contributed by atoms with Gasteiger partial charge in [-0.25, -0.2) is 0 Å². The molecule has 3 nitrogen and oxygen atoms in total. The van der Waals surface area contributed by atoms with E-state index in [9.17, 15) is 4.79 Å². The highest BCUT2D eigenvalue weighted by Crippen LogP contribution is 2.33. The van der Waals surface area contributed by atoms with E-state index in [-0.39, 0.29) is 5.91 Å². The molecule has 3 heteroatoms. The molecule has 1 aliphatic carbocycles. The van der Waals surface area contributed by atoms with Gasteiger partial charge in [-0.15, -0.1) is 0 Å². The normalized spacial score (nSPS) is 22.4. The van der Waals surface area contributed by atoms with Crippen molar-refractivity contribution in [3.05, 3.63) is 0 Å². The van der Waals surface area contributed by atoms with Gasteiger partial charge < -0.3 is 10.2 Å². The Morgan fingerprint density at radius 2 is 1.94 bits per heavy atom. The highest BCUT2D eigenvalue weighted by atomic mass is 16.2. The van der Waals surface area contributed by atoms with Crippen LogP contribution >= 0.6 is 0 Å². The van der Waals surface area contributed by atoms with Gasteiger partial charge in [-0.05, 0) is 38.1 Å². The lowest BCUT2D eigenvalue weighted by Gasteiger charge is -2.31.